The first-order valence-electron chi connectivity index (χ1n) is 7.63. The van der Waals surface area contributed by atoms with E-state index in [0.29, 0.717) is 13.0 Å². The molecule has 118 valence electrons. The molecule has 0 radical (unpaired) electrons. The summed E-state index contributed by atoms with van der Waals surface area (Å²) in [5, 5.41) is 6.42. The summed E-state index contributed by atoms with van der Waals surface area (Å²) in [5.74, 6) is 0.724. The van der Waals surface area contributed by atoms with Crippen LogP contribution >= 0.6 is 0 Å². The van der Waals surface area contributed by atoms with Crippen molar-refractivity contribution in [2.75, 3.05) is 26.8 Å². The molecular weight excluding hydrogens is 265 g/mol. The molecule has 0 aliphatic rings. The van der Waals surface area contributed by atoms with Gasteiger partial charge >= 0.3 is 0 Å². The number of nitrogens with zero attached hydrogens (tertiary/aromatic N) is 1. The van der Waals surface area contributed by atoms with E-state index in [1.807, 2.05) is 0 Å². The minimum absolute atomic E-state index is 0.00395. The number of aliphatic imine (C=N–C) groups is 1. The Balaban J connectivity index is 2.57. The first kappa shape index (κ1) is 17.5. The summed E-state index contributed by atoms with van der Waals surface area (Å²) in [6.45, 7) is 7.63. The third-order valence-corrected chi connectivity index (χ3v) is 3.67. The molecule has 2 N–H and O–H groups in total. The van der Waals surface area contributed by atoms with E-state index in [2.05, 4.69) is 60.7 Å². The molecule has 3 nitrogen and oxygen atoms in total. The molecule has 21 heavy (non-hydrogen) atoms. The van der Waals surface area contributed by atoms with E-state index in [1.54, 1.807) is 7.05 Å². The highest BCUT2D eigenvalue weighted by molar-refractivity contribution is 5.79. The lowest BCUT2D eigenvalue weighted by Crippen LogP contribution is -2.43. The fourth-order valence-electron chi connectivity index (χ4n) is 2.09. The zero-order valence-electron chi connectivity index (χ0n) is 13.7. The normalized spacial score (nSPS) is 12.3. The molecule has 1 aromatic rings. The SMILES string of the molecule is CCc1ccc(C(C)(C)CNC(=NC)NCCCF)cc1. The monoisotopic (exact) mass is 293 g/mol. The summed E-state index contributed by atoms with van der Waals surface area (Å²) in [4.78, 5) is 4.16. The third kappa shape index (κ3) is 5.74. The van der Waals surface area contributed by atoms with E-state index >= 15 is 0 Å². The first-order chi connectivity index (χ1) is 10.0. The Bertz CT molecular complexity index is 438. The van der Waals surface area contributed by atoms with Gasteiger partial charge in [-0.05, 0) is 24.0 Å². The van der Waals surface area contributed by atoms with Crippen molar-refractivity contribution in [3.05, 3.63) is 35.4 Å². The molecule has 0 unspecified atom stereocenters. The maximum absolute atomic E-state index is 12.1. The fourth-order valence-corrected chi connectivity index (χ4v) is 2.09. The molecule has 4 heteroatoms. The summed E-state index contributed by atoms with van der Waals surface area (Å²) in [7, 11) is 1.73. The van der Waals surface area contributed by atoms with Gasteiger partial charge in [-0.3, -0.25) is 9.38 Å². The highest BCUT2D eigenvalue weighted by Gasteiger charge is 2.20. The molecule has 0 amide bonds. The zero-order valence-corrected chi connectivity index (χ0v) is 13.7. The van der Waals surface area contributed by atoms with Gasteiger partial charge < -0.3 is 10.6 Å². The van der Waals surface area contributed by atoms with Gasteiger partial charge in [-0.25, -0.2) is 0 Å². The molecule has 0 aromatic heterocycles. The molecule has 0 aliphatic heterocycles. The number of hydrogen-bond donors (Lipinski definition) is 2. The van der Waals surface area contributed by atoms with Gasteiger partial charge in [0.1, 0.15) is 0 Å². The number of benzene rings is 1. The van der Waals surface area contributed by atoms with Crippen molar-refractivity contribution < 1.29 is 4.39 Å². The lowest BCUT2D eigenvalue weighted by atomic mass is 9.84. The van der Waals surface area contributed by atoms with Gasteiger partial charge in [-0.2, -0.15) is 0 Å². The van der Waals surface area contributed by atoms with E-state index in [-0.39, 0.29) is 12.1 Å². The topological polar surface area (TPSA) is 36.4 Å². The Kier molecular flexibility index (Phi) is 7.20. The van der Waals surface area contributed by atoms with Crippen LogP contribution in [0.15, 0.2) is 29.3 Å². The molecule has 0 aliphatic carbocycles. The molecule has 0 saturated carbocycles. The maximum atomic E-state index is 12.1. The molecular formula is C17H28FN3. The molecule has 0 spiro atoms. The lowest BCUT2D eigenvalue weighted by molar-refractivity contribution is 0.468. The van der Waals surface area contributed by atoms with Crippen LogP contribution in [0, 0.1) is 0 Å². The van der Waals surface area contributed by atoms with Crippen molar-refractivity contribution in [2.24, 2.45) is 4.99 Å². The Hall–Kier alpha value is -1.58. The number of hydrogen-bond acceptors (Lipinski definition) is 1. The minimum atomic E-state index is -0.306. The largest absolute Gasteiger partial charge is 0.356 e. The lowest BCUT2D eigenvalue weighted by Gasteiger charge is -2.27. The van der Waals surface area contributed by atoms with E-state index < -0.39 is 0 Å². The van der Waals surface area contributed by atoms with Crippen LogP contribution in [-0.2, 0) is 11.8 Å². The smallest absolute Gasteiger partial charge is 0.191 e. The predicted molar refractivity (Wildman–Crippen MR) is 88.8 cm³/mol. The number of nitrogens with one attached hydrogen (secondary N) is 2. The van der Waals surface area contributed by atoms with Crippen LogP contribution in [0.3, 0.4) is 0 Å². The van der Waals surface area contributed by atoms with Crippen molar-refractivity contribution in [3.63, 3.8) is 0 Å². The van der Waals surface area contributed by atoms with Crippen molar-refractivity contribution in [1.29, 1.82) is 0 Å². The number of aryl methyl sites for hydroxylation is 1. The van der Waals surface area contributed by atoms with Crippen molar-refractivity contribution in [2.45, 2.75) is 39.0 Å². The van der Waals surface area contributed by atoms with Gasteiger partial charge in [0.15, 0.2) is 5.96 Å². The second-order valence-corrected chi connectivity index (χ2v) is 5.83. The number of halogens is 1. The van der Waals surface area contributed by atoms with Crippen LogP contribution in [0.2, 0.25) is 0 Å². The Labute approximate surface area is 128 Å². The zero-order chi connectivity index (χ0) is 15.7. The quantitative estimate of drug-likeness (QED) is 0.460. The molecule has 0 fully saturated rings. The van der Waals surface area contributed by atoms with Crippen molar-refractivity contribution in [3.8, 4) is 0 Å². The van der Waals surface area contributed by atoms with E-state index in [4.69, 9.17) is 0 Å². The van der Waals surface area contributed by atoms with Gasteiger partial charge in [-0.1, -0.05) is 45.0 Å². The Morgan fingerprint density at radius 3 is 2.38 bits per heavy atom. The molecule has 0 bridgehead atoms. The average Bonchev–Trinajstić information content (AvgIpc) is 2.50. The Morgan fingerprint density at radius 2 is 1.86 bits per heavy atom. The molecule has 1 rings (SSSR count). The average molecular weight is 293 g/mol. The summed E-state index contributed by atoms with van der Waals surface area (Å²) in [6, 6.07) is 8.76. The summed E-state index contributed by atoms with van der Waals surface area (Å²) in [6.07, 6.45) is 1.56. The third-order valence-electron chi connectivity index (χ3n) is 3.67. The molecule has 0 atom stereocenters. The van der Waals surface area contributed by atoms with Gasteiger partial charge in [0, 0.05) is 25.6 Å². The number of alkyl halides is 1. The van der Waals surface area contributed by atoms with Gasteiger partial charge in [0.2, 0.25) is 0 Å². The van der Waals surface area contributed by atoms with Gasteiger partial charge in [0.05, 0.1) is 6.67 Å². The van der Waals surface area contributed by atoms with Crippen LogP contribution < -0.4 is 10.6 Å². The van der Waals surface area contributed by atoms with Crippen LogP contribution in [0.4, 0.5) is 4.39 Å². The number of guanidine groups is 1. The van der Waals surface area contributed by atoms with Crippen molar-refractivity contribution >= 4 is 5.96 Å². The van der Waals surface area contributed by atoms with E-state index in [0.717, 1.165) is 18.9 Å². The molecule has 0 heterocycles. The van der Waals surface area contributed by atoms with Crippen molar-refractivity contribution in [1.82, 2.24) is 10.6 Å². The van der Waals surface area contributed by atoms with Crippen LogP contribution in [0.25, 0.3) is 0 Å². The first-order valence-corrected chi connectivity index (χ1v) is 7.63. The molecule has 0 saturated heterocycles. The fraction of sp³-hybridized carbons (Fsp3) is 0.588. The summed E-state index contributed by atoms with van der Waals surface area (Å²) < 4.78 is 12.1. The van der Waals surface area contributed by atoms with Gasteiger partial charge in [0.25, 0.3) is 0 Å². The second-order valence-electron chi connectivity index (χ2n) is 5.83. The number of rotatable bonds is 7. The highest BCUT2D eigenvalue weighted by atomic mass is 19.1. The van der Waals surface area contributed by atoms with Crippen LogP contribution in [0.5, 0.6) is 0 Å². The highest BCUT2D eigenvalue weighted by Crippen LogP contribution is 2.22. The standard InChI is InChI=1S/C17H28FN3/c1-5-14-7-9-15(10-8-14)17(2,3)13-21-16(19-4)20-12-6-11-18/h7-10H,5-6,11-13H2,1-4H3,(H2,19,20,21). The maximum Gasteiger partial charge on any atom is 0.191 e. The Morgan fingerprint density at radius 1 is 1.19 bits per heavy atom. The summed E-state index contributed by atoms with van der Waals surface area (Å²) in [5.41, 5.74) is 2.65. The van der Waals surface area contributed by atoms with Crippen LogP contribution in [0.1, 0.15) is 38.3 Å². The van der Waals surface area contributed by atoms with Gasteiger partial charge in [-0.15, -0.1) is 0 Å². The van der Waals surface area contributed by atoms with E-state index in [9.17, 15) is 4.39 Å². The summed E-state index contributed by atoms with van der Waals surface area (Å²) >= 11 is 0. The van der Waals surface area contributed by atoms with Crippen LogP contribution in [-0.4, -0.2) is 32.8 Å². The second kappa shape index (κ2) is 8.65. The van der Waals surface area contributed by atoms with E-state index in [1.165, 1.54) is 11.1 Å². The predicted octanol–water partition coefficient (Wildman–Crippen LogP) is 3.05. The molecule has 1 aromatic carbocycles. The minimum Gasteiger partial charge on any atom is -0.356 e.